The maximum atomic E-state index is 11.9. The van der Waals surface area contributed by atoms with Crippen molar-refractivity contribution < 1.29 is 19.1 Å². The minimum Gasteiger partial charge on any atom is -0.392 e. The van der Waals surface area contributed by atoms with Crippen LogP contribution in [0.4, 0.5) is 0 Å². The highest BCUT2D eigenvalue weighted by Crippen LogP contribution is 2.41. The van der Waals surface area contributed by atoms with E-state index in [0.717, 1.165) is 38.5 Å². The van der Waals surface area contributed by atoms with Crippen LogP contribution in [0.3, 0.4) is 0 Å². The van der Waals surface area contributed by atoms with Crippen LogP contribution in [0.25, 0.3) is 0 Å². The van der Waals surface area contributed by atoms with Crippen LogP contribution < -0.4 is 0 Å². The summed E-state index contributed by atoms with van der Waals surface area (Å²) in [5.74, 6) is -1.23. The molecule has 0 bridgehead atoms. The largest absolute Gasteiger partial charge is 0.392 e. The SMILES string of the molecule is O=C(OC(=O)C1CCCC2OC21)C1C=CCCC1. The highest BCUT2D eigenvalue weighted by molar-refractivity contribution is 5.89. The fourth-order valence-electron chi connectivity index (χ4n) is 2.96. The number of carbonyl (C=O) groups excluding carboxylic acids is 2. The molecule has 4 unspecified atom stereocenters. The molecule has 4 nitrogen and oxygen atoms in total. The quantitative estimate of drug-likeness (QED) is 0.325. The molecule has 0 aromatic rings. The molecule has 98 valence electrons. The summed E-state index contributed by atoms with van der Waals surface area (Å²) < 4.78 is 10.4. The second-order valence-corrected chi connectivity index (χ2v) is 5.38. The Morgan fingerprint density at radius 1 is 1.11 bits per heavy atom. The molecule has 1 aliphatic heterocycles. The van der Waals surface area contributed by atoms with E-state index >= 15 is 0 Å². The molecular weight excluding hydrogens is 232 g/mol. The van der Waals surface area contributed by atoms with Gasteiger partial charge in [-0.25, -0.2) is 0 Å². The van der Waals surface area contributed by atoms with Crippen molar-refractivity contribution in [3.8, 4) is 0 Å². The molecule has 1 heterocycles. The first-order valence-electron chi connectivity index (χ1n) is 6.83. The van der Waals surface area contributed by atoms with Gasteiger partial charge in [-0.1, -0.05) is 12.2 Å². The zero-order valence-corrected chi connectivity index (χ0v) is 10.3. The van der Waals surface area contributed by atoms with Crippen LogP contribution in [0.15, 0.2) is 12.2 Å². The van der Waals surface area contributed by atoms with Crippen molar-refractivity contribution in [2.75, 3.05) is 0 Å². The molecule has 0 radical (unpaired) electrons. The van der Waals surface area contributed by atoms with Crippen LogP contribution in [-0.2, 0) is 19.1 Å². The van der Waals surface area contributed by atoms with E-state index in [-0.39, 0.29) is 30.0 Å². The number of fused-ring (bicyclic) bond motifs is 1. The minimum atomic E-state index is -0.390. The van der Waals surface area contributed by atoms with E-state index in [4.69, 9.17) is 9.47 Å². The van der Waals surface area contributed by atoms with Crippen molar-refractivity contribution in [3.05, 3.63) is 12.2 Å². The van der Waals surface area contributed by atoms with Gasteiger partial charge in [-0.05, 0) is 38.5 Å². The zero-order chi connectivity index (χ0) is 12.5. The van der Waals surface area contributed by atoms with Gasteiger partial charge in [0.05, 0.1) is 24.0 Å². The van der Waals surface area contributed by atoms with Gasteiger partial charge in [-0.15, -0.1) is 0 Å². The Morgan fingerprint density at radius 3 is 2.78 bits per heavy atom. The van der Waals surface area contributed by atoms with Crippen LogP contribution >= 0.6 is 0 Å². The van der Waals surface area contributed by atoms with Crippen molar-refractivity contribution in [2.45, 2.75) is 50.7 Å². The highest BCUT2D eigenvalue weighted by Gasteiger charge is 2.51. The molecule has 3 rings (SSSR count). The Balaban J connectivity index is 1.55. The standard InChI is InChI=1S/C14H18O4/c15-13(9-5-2-1-3-6-9)18-14(16)10-7-4-8-11-12(10)17-11/h2,5,9-12H,1,3-4,6-8H2. The van der Waals surface area contributed by atoms with Crippen LogP contribution in [0.1, 0.15) is 38.5 Å². The third-order valence-corrected chi connectivity index (χ3v) is 4.08. The predicted octanol–water partition coefficient (Wildman–Crippen LogP) is 1.98. The lowest BCUT2D eigenvalue weighted by Crippen LogP contribution is -2.31. The van der Waals surface area contributed by atoms with E-state index in [1.807, 2.05) is 12.2 Å². The Hall–Kier alpha value is -1.16. The summed E-state index contributed by atoms with van der Waals surface area (Å²) in [6.45, 7) is 0. The summed E-state index contributed by atoms with van der Waals surface area (Å²) in [6, 6.07) is 0. The first-order valence-corrected chi connectivity index (χ1v) is 6.83. The van der Waals surface area contributed by atoms with Crippen molar-refractivity contribution in [2.24, 2.45) is 11.8 Å². The van der Waals surface area contributed by atoms with Gasteiger partial charge in [-0.3, -0.25) is 9.59 Å². The van der Waals surface area contributed by atoms with E-state index < -0.39 is 5.97 Å². The molecule has 0 aromatic heterocycles. The molecule has 4 heteroatoms. The first kappa shape index (κ1) is 11.9. The van der Waals surface area contributed by atoms with E-state index in [1.165, 1.54) is 0 Å². The Bertz CT molecular complexity index is 387. The summed E-state index contributed by atoms with van der Waals surface area (Å²) in [6.07, 6.45) is 9.69. The number of ether oxygens (including phenoxy) is 2. The van der Waals surface area contributed by atoms with Gasteiger partial charge in [0, 0.05) is 0 Å². The lowest BCUT2D eigenvalue weighted by atomic mass is 9.89. The minimum absolute atomic E-state index is 0.0148. The van der Waals surface area contributed by atoms with E-state index in [9.17, 15) is 9.59 Å². The summed E-state index contributed by atoms with van der Waals surface area (Å²) in [5, 5.41) is 0. The maximum absolute atomic E-state index is 11.9. The second-order valence-electron chi connectivity index (χ2n) is 5.38. The lowest BCUT2D eigenvalue weighted by Gasteiger charge is -2.18. The van der Waals surface area contributed by atoms with Gasteiger partial charge in [0.1, 0.15) is 0 Å². The van der Waals surface area contributed by atoms with E-state index in [2.05, 4.69) is 0 Å². The Kier molecular flexibility index (Phi) is 3.20. The third kappa shape index (κ3) is 2.34. The predicted molar refractivity (Wildman–Crippen MR) is 63.6 cm³/mol. The van der Waals surface area contributed by atoms with Gasteiger partial charge in [0.25, 0.3) is 0 Å². The van der Waals surface area contributed by atoms with Gasteiger partial charge in [0.15, 0.2) is 0 Å². The van der Waals surface area contributed by atoms with Crippen molar-refractivity contribution in [1.29, 1.82) is 0 Å². The number of hydrogen-bond donors (Lipinski definition) is 0. The van der Waals surface area contributed by atoms with Crippen LogP contribution in [-0.4, -0.2) is 24.1 Å². The van der Waals surface area contributed by atoms with Gasteiger partial charge < -0.3 is 9.47 Å². The number of esters is 2. The molecule has 2 fully saturated rings. The molecule has 3 aliphatic rings. The topological polar surface area (TPSA) is 55.9 Å². The summed E-state index contributed by atoms with van der Waals surface area (Å²) in [5.41, 5.74) is 0. The number of epoxide rings is 1. The number of carbonyl (C=O) groups is 2. The van der Waals surface area contributed by atoms with Crippen LogP contribution in [0.2, 0.25) is 0 Å². The first-order chi connectivity index (χ1) is 8.75. The van der Waals surface area contributed by atoms with E-state index in [1.54, 1.807) is 0 Å². The van der Waals surface area contributed by atoms with Crippen molar-refractivity contribution in [1.82, 2.24) is 0 Å². The lowest BCUT2D eigenvalue weighted by molar-refractivity contribution is -0.165. The van der Waals surface area contributed by atoms with Gasteiger partial charge in [-0.2, -0.15) is 0 Å². The number of hydrogen-bond acceptors (Lipinski definition) is 4. The molecule has 0 amide bonds. The molecule has 1 saturated carbocycles. The monoisotopic (exact) mass is 250 g/mol. The smallest absolute Gasteiger partial charge is 0.320 e. The van der Waals surface area contributed by atoms with Crippen molar-refractivity contribution in [3.63, 3.8) is 0 Å². The fourth-order valence-corrected chi connectivity index (χ4v) is 2.96. The Morgan fingerprint density at radius 2 is 2.00 bits per heavy atom. The molecule has 0 spiro atoms. The third-order valence-electron chi connectivity index (χ3n) is 4.08. The number of rotatable bonds is 2. The molecule has 1 saturated heterocycles. The summed E-state index contributed by atoms with van der Waals surface area (Å²) >= 11 is 0. The molecule has 18 heavy (non-hydrogen) atoms. The molecular formula is C14H18O4. The van der Waals surface area contributed by atoms with Crippen LogP contribution in [0, 0.1) is 11.8 Å². The molecule has 2 aliphatic carbocycles. The highest BCUT2D eigenvalue weighted by atomic mass is 16.6. The van der Waals surface area contributed by atoms with Crippen molar-refractivity contribution >= 4 is 11.9 Å². The average Bonchev–Trinajstić information content (AvgIpc) is 3.18. The molecule has 0 N–H and O–H groups in total. The fraction of sp³-hybridized carbons (Fsp3) is 0.714. The Labute approximate surface area is 106 Å². The molecule has 4 atom stereocenters. The zero-order valence-electron chi connectivity index (χ0n) is 10.3. The average molecular weight is 250 g/mol. The van der Waals surface area contributed by atoms with Gasteiger partial charge >= 0.3 is 11.9 Å². The maximum Gasteiger partial charge on any atom is 0.320 e. The van der Waals surface area contributed by atoms with Crippen LogP contribution in [0.5, 0.6) is 0 Å². The number of allylic oxidation sites excluding steroid dienone is 1. The normalized spacial score (nSPS) is 37.8. The summed E-state index contributed by atoms with van der Waals surface area (Å²) in [7, 11) is 0. The summed E-state index contributed by atoms with van der Waals surface area (Å²) in [4.78, 5) is 23.8. The second kappa shape index (κ2) is 4.84. The van der Waals surface area contributed by atoms with Gasteiger partial charge in [0.2, 0.25) is 0 Å². The molecule has 0 aromatic carbocycles. The van der Waals surface area contributed by atoms with E-state index in [0.29, 0.717) is 0 Å².